The van der Waals surface area contributed by atoms with Crippen LogP contribution in [0.3, 0.4) is 0 Å². The molecule has 3 heteroatoms. The number of β-amino-alcohol motifs (C(OH)–C–C–N with tert-alkyl or cyclic N) is 1. The SMILES string of the molecule is CC[C@@H](O)CN1CCCC(N)C1C. The van der Waals surface area contributed by atoms with Crippen LogP contribution in [0.1, 0.15) is 33.1 Å². The van der Waals surface area contributed by atoms with Crippen molar-refractivity contribution in [2.24, 2.45) is 5.73 Å². The second kappa shape index (κ2) is 4.94. The van der Waals surface area contributed by atoms with Gasteiger partial charge in [0.05, 0.1) is 6.10 Å². The predicted octanol–water partition coefficient (Wildman–Crippen LogP) is 0.569. The Balaban J connectivity index is 2.39. The molecule has 78 valence electrons. The fraction of sp³-hybridized carbons (Fsp3) is 1.00. The molecule has 13 heavy (non-hydrogen) atoms. The topological polar surface area (TPSA) is 49.5 Å². The maximum atomic E-state index is 9.53. The van der Waals surface area contributed by atoms with Crippen molar-refractivity contribution < 1.29 is 5.11 Å². The van der Waals surface area contributed by atoms with Crippen LogP contribution in [0.5, 0.6) is 0 Å². The fourth-order valence-electron chi connectivity index (χ4n) is 1.90. The lowest BCUT2D eigenvalue weighted by Crippen LogP contribution is -2.52. The summed E-state index contributed by atoms with van der Waals surface area (Å²) in [5.74, 6) is 0. The molecule has 0 radical (unpaired) electrons. The van der Waals surface area contributed by atoms with Crippen molar-refractivity contribution in [2.45, 2.75) is 51.3 Å². The van der Waals surface area contributed by atoms with E-state index in [0.717, 1.165) is 25.9 Å². The zero-order valence-electron chi connectivity index (χ0n) is 8.74. The molecule has 1 aliphatic rings. The molecule has 0 saturated carbocycles. The number of aliphatic hydroxyl groups is 1. The molecule has 2 unspecified atom stereocenters. The van der Waals surface area contributed by atoms with E-state index in [1.807, 2.05) is 6.92 Å². The molecule has 0 aromatic heterocycles. The maximum Gasteiger partial charge on any atom is 0.0664 e. The first kappa shape index (κ1) is 11.0. The normalized spacial score (nSPS) is 33.2. The van der Waals surface area contributed by atoms with Gasteiger partial charge in [0.1, 0.15) is 0 Å². The zero-order chi connectivity index (χ0) is 9.84. The minimum atomic E-state index is -0.187. The van der Waals surface area contributed by atoms with Gasteiger partial charge < -0.3 is 10.8 Å². The van der Waals surface area contributed by atoms with Crippen molar-refractivity contribution in [3.8, 4) is 0 Å². The summed E-state index contributed by atoms with van der Waals surface area (Å²) in [4.78, 5) is 2.31. The lowest BCUT2D eigenvalue weighted by atomic mass is 9.98. The molecule has 1 fully saturated rings. The summed E-state index contributed by atoms with van der Waals surface area (Å²) in [5.41, 5.74) is 5.96. The molecular formula is C10H22N2O. The molecule has 0 aliphatic carbocycles. The zero-order valence-corrected chi connectivity index (χ0v) is 8.74. The Morgan fingerprint density at radius 3 is 2.92 bits per heavy atom. The third-order valence-electron chi connectivity index (χ3n) is 3.09. The van der Waals surface area contributed by atoms with Gasteiger partial charge in [-0.2, -0.15) is 0 Å². The Morgan fingerprint density at radius 1 is 1.62 bits per heavy atom. The van der Waals surface area contributed by atoms with Crippen molar-refractivity contribution in [3.63, 3.8) is 0 Å². The van der Waals surface area contributed by atoms with Crippen LogP contribution >= 0.6 is 0 Å². The first-order valence-electron chi connectivity index (χ1n) is 5.32. The molecule has 3 atom stereocenters. The van der Waals surface area contributed by atoms with E-state index in [1.54, 1.807) is 0 Å². The molecule has 1 rings (SSSR count). The molecule has 0 aromatic carbocycles. The van der Waals surface area contributed by atoms with Crippen LogP contribution in [0.4, 0.5) is 0 Å². The molecule has 0 amide bonds. The first-order chi connectivity index (χ1) is 6.15. The van der Waals surface area contributed by atoms with Gasteiger partial charge in [-0.15, -0.1) is 0 Å². The highest BCUT2D eigenvalue weighted by Gasteiger charge is 2.25. The van der Waals surface area contributed by atoms with Crippen LogP contribution in [-0.4, -0.2) is 41.3 Å². The van der Waals surface area contributed by atoms with Gasteiger partial charge >= 0.3 is 0 Å². The second-order valence-corrected chi connectivity index (χ2v) is 4.10. The Labute approximate surface area is 80.9 Å². The molecule has 3 N–H and O–H groups in total. The van der Waals surface area contributed by atoms with Crippen LogP contribution in [-0.2, 0) is 0 Å². The third-order valence-corrected chi connectivity index (χ3v) is 3.09. The van der Waals surface area contributed by atoms with Gasteiger partial charge in [0, 0.05) is 18.6 Å². The van der Waals surface area contributed by atoms with E-state index in [9.17, 15) is 5.11 Å². The molecule has 0 aromatic rings. The molecule has 0 spiro atoms. The van der Waals surface area contributed by atoms with Gasteiger partial charge in [0.15, 0.2) is 0 Å². The number of piperidine rings is 1. The number of hydrogen-bond donors (Lipinski definition) is 2. The van der Waals surface area contributed by atoms with Crippen LogP contribution < -0.4 is 5.73 Å². The molecule has 0 bridgehead atoms. The molecule has 3 nitrogen and oxygen atoms in total. The van der Waals surface area contributed by atoms with E-state index in [1.165, 1.54) is 6.42 Å². The van der Waals surface area contributed by atoms with Gasteiger partial charge in [-0.1, -0.05) is 6.92 Å². The minimum absolute atomic E-state index is 0.187. The molecule has 1 aliphatic heterocycles. The van der Waals surface area contributed by atoms with E-state index in [-0.39, 0.29) is 12.1 Å². The molecular weight excluding hydrogens is 164 g/mol. The maximum absolute atomic E-state index is 9.53. The number of nitrogens with zero attached hydrogens (tertiary/aromatic N) is 1. The summed E-state index contributed by atoms with van der Waals surface area (Å²) in [5, 5.41) is 9.53. The number of rotatable bonds is 3. The molecule has 1 heterocycles. The van der Waals surface area contributed by atoms with Crippen molar-refractivity contribution in [2.75, 3.05) is 13.1 Å². The summed E-state index contributed by atoms with van der Waals surface area (Å²) in [6, 6.07) is 0.716. The summed E-state index contributed by atoms with van der Waals surface area (Å²) < 4.78 is 0. The number of nitrogens with two attached hydrogens (primary N) is 1. The average Bonchev–Trinajstić information content (AvgIpc) is 2.13. The van der Waals surface area contributed by atoms with Crippen molar-refractivity contribution >= 4 is 0 Å². The number of hydrogen-bond acceptors (Lipinski definition) is 3. The molecule has 1 saturated heterocycles. The third kappa shape index (κ3) is 2.93. The van der Waals surface area contributed by atoms with Gasteiger partial charge in [-0.25, -0.2) is 0 Å². The Morgan fingerprint density at radius 2 is 2.31 bits per heavy atom. The van der Waals surface area contributed by atoms with E-state index in [2.05, 4.69) is 11.8 Å². The lowest BCUT2D eigenvalue weighted by molar-refractivity contribution is 0.0634. The lowest BCUT2D eigenvalue weighted by Gasteiger charge is -2.38. The number of aliphatic hydroxyl groups excluding tert-OH is 1. The van der Waals surface area contributed by atoms with Crippen LogP contribution in [0, 0.1) is 0 Å². The average molecular weight is 186 g/mol. The predicted molar refractivity (Wildman–Crippen MR) is 54.5 cm³/mol. The van der Waals surface area contributed by atoms with Gasteiger partial charge in [0.2, 0.25) is 0 Å². The second-order valence-electron chi connectivity index (χ2n) is 4.10. The summed E-state index contributed by atoms with van der Waals surface area (Å²) in [7, 11) is 0. The highest BCUT2D eigenvalue weighted by Crippen LogP contribution is 2.16. The highest BCUT2D eigenvalue weighted by atomic mass is 16.3. The Hall–Kier alpha value is -0.120. The van der Waals surface area contributed by atoms with Gasteiger partial charge in [0.25, 0.3) is 0 Å². The quantitative estimate of drug-likeness (QED) is 0.677. The van der Waals surface area contributed by atoms with E-state index in [0.29, 0.717) is 6.04 Å². The van der Waals surface area contributed by atoms with Crippen molar-refractivity contribution in [3.05, 3.63) is 0 Å². The van der Waals surface area contributed by atoms with Crippen LogP contribution in [0.2, 0.25) is 0 Å². The standard InChI is InChI=1S/C10H22N2O/c1-3-9(13)7-12-6-4-5-10(11)8(12)2/h8-10,13H,3-7,11H2,1-2H3/t8?,9-,10?/m1/s1. The largest absolute Gasteiger partial charge is 0.392 e. The highest BCUT2D eigenvalue weighted by molar-refractivity contribution is 4.84. The monoisotopic (exact) mass is 186 g/mol. The van der Waals surface area contributed by atoms with Crippen LogP contribution in [0.25, 0.3) is 0 Å². The minimum Gasteiger partial charge on any atom is -0.392 e. The van der Waals surface area contributed by atoms with E-state index < -0.39 is 0 Å². The van der Waals surface area contributed by atoms with E-state index >= 15 is 0 Å². The fourth-order valence-corrected chi connectivity index (χ4v) is 1.90. The summed E-state index contributed by atoms with van der Waals surface area (Å²) >= 11 is 0. The first-order valence-corrected chi connectivity index (χ1v) is 5.32. The Bertz CT molecular complexity index is 152. The Kier molecular flexibility index (Phi) is 4.16. The number of likely N-dealkylation sites (tertiary alicyclic amines) is 1. The summed E-state index contributed by atoms with van der Waals surface area (Å²) in [6.45, 7) is 6.04. The van der Waals surface area contributed by atoms with Crippen molar-refractivity contribution in [1.29, 1.82) is 0 Å². The van der Waals surface area contributed by atoms with E-state index in [4.69, 9.17) is 5.73 Å². The van der Waals surface area contributed by atoms with Crippen molar-refractivity contribution in [1.82, 2.24) is 4.90 Å². The van der Waals surface area contributed by atoms with Gasteiger partial charge in [-0.3, -0.25) is 4.90 Å². The summed E-state index contributed by atoms with van der Waals surface area (Å²) in [6.07, 6.45) is 2.94. The van der Waals surface area contributed by atoms with Gasteiger partial charge in [-0.05, 0) is 32.7 Å². The smallest absolute Gasteiger partial charge is 0.0664 e. The van der Waals surface area contributed by atoms with Crippen LogP contribution in [0.15, 0.2) is 0 Å².